The van der Waals surface area contributed by atoms with Crippen LogP contribution < -0.4 is 14.8 Å². The number of Topliss-reactive ketones (excluding diaryl/α,β-unsaturated/α-hetero) is 1. The highest BCUT2D eigenvalue weighted by Gasteiger charge is 2.18. The van der Waals surface area contributed by atoms with Crippen LogP contribution in [0.25, 0.3) is 0 Å². The summed E-state index contributed by atoms with van der Waals surface area (Å²) in [5.41, 5.74) is 0.722. The van der Waals surface area contributed by atoms with Gasteiger partial charge in [-0.25, -0.2) is 0 Å². The maximum atomic E-state index is 12.2. The largest absolute Gasteiger partial charge is 0.492 e. The van der Waals surface area contributed by atoms with Crippen molar-refractivity contribution in [3.05, 3.63) is 52.0 Å². The van der Waals surface area contributed by atoms with Crippen molar-refractivity contribution in [2.45, 2.75) is 12.8 Å². The molecule has 1 N–H and O–H groups in total. The Bertz CT molecular complexity index is 947. The summed E-state index contributed by atoms with van der Waals surface area (Å²) in [6.45, 7) is -0.197. The second-order valence-corrected chi connectivity index (χ2v) is 7.00. The highest BCUT2D eigenvalue weighted by Crippen LogP contribution is 2.29. The van der Waals surface area contributed by atoms with E-state index in [2.05, 4.69) is 5.32 Å². The SMILES string of the molecule is O=C1COc2ccc(C(=O)COC(=O)CCCOc3ccc(Cl)cc3Cl)cc2N1. The average Bonchev–Trinajstić information content (AvgIpc) is 2.70. The number of hydrogen-bond donors (Lipinski definition) is 1. The summed E-state index contributed by atoms with van der Waals surface area (Å²) in [5.74, 6) is -0.235. The van der Waals surface area contributed by atoms with Crippen LogP contribution in [0.4, 0.5) is 5.69 Å². The Labute approximate surface area is 176 Å². The number of carbonyl (C=O) groups is 3. The van der Waals surface area contributed by atoms with E-state index in [0.29, 0.717) is 39.2 Å². The molecule has 0 fully saturated rings. The summed E-state index contributed by atoms with van der Waals surface area (Å²) in [5, 5.41) is 3.51. The Morgan fingerprint density at radius 1 is 1.14 bits per heavy atom. The number of halogens is 2. The predicted octanol–water partition coefficient (Wildman–Crippen LogP) is 3.91. The van der Waals surface area contributed by atoms with Gasteiger partial charge in [0.2, 0.25) is 0 Å². The number of carbonyl (C=O) groups excluding carboxylic acids is 3. The molecule has 0 aliphatic carbocycles. The summed E-state index contributed by atoms with van der Waals surface area (Å²) >= 11 is 11.8. The quantitative estimate of drug-likeness (QED) is 0.382. The molecule has 0 unspecified atom stereocenters. The first-order valence-corrected chi connectivity index (χ1v) is 9.51. The van der Waals surface area contributed by atoms with E-state index >= 15 is 0 Å². The van der Waals surface area contributed by atoms with Crippen molar-refractivity contribution < 1.29 is 28.6 Å². The van der Waals surface area contributed by atoms with Crippen molar-refractivity contribution in [3.8, 4) is 11.5 Å². The van der Waals surface area contributed by atoms with Gasteiger partial charge in [0, 0.05) is 17.0 Å². The first-order chi connectivity index (χ1) is 13.9. The molecule has 0 bridgehead atoms. The van der Waals surface area contributed by atoms with Crippen molar-refractivity contribution in [1.82, 2.24) is 0 Å². The molecule has 29 heavy (non-hydrogen) atoms. The number of nitrogens with one attached hydrogen (secondary N) is 1. The van der Waals surface area contributed by atoms with E-state index in [1.54, 1.807) is 30.3 Å². The minimum Gasteiger partial charge on any atom is -0.492 e. The highest BCUT2D eigenvalue weighted by atomic mass is 35.5. The number of anilines is 1. The van der Waals surface area contributed by atoms with Gasteiger partial charge >= 0.3 is 5.97 Å². The van der Waals surface area contributed by atoms with Gasteiger partial charge in [0.1, 0.15) is 11.5 Å². The number of rotatable bonds is 8. The molecule has 0 atom stereocenters. The minimum atomic E-state index is -0.515. The molecule has 152 valence electrons. The summed E-state index contributed by atoms with van der Waals surface area (Å²) in [7, 11) is 0. The van der Waals surface area contributed by atoms with Crippen LogP contribution in [-0.4, -0.2) is 37.5 Å². The van der Waals surface area contributed by atoms with E-state index in [-0.39, 0.29) is 31.3 Å². The summed E-state index contributed by atoms with van der Waals surface area (Å²) in [4.78, 5) is 35.4. The van der Waals surface area contributed by atoms with Crippen LogP contribution in [0, 0.1) is 0 Å². The molecule has 1 aliphatic rings. The number of esters is 1. The molecule has 1 amide bonds. The number of ketones is 1. The van der Waals surface area contributed by atoms with Crippen LogP contribution in [0.2, 0.25) is 10.0 Å². The van der Waals surface area contributed by atoms with Crippen LogP contribution in [0.1, 0.15) is 23.2 Å². The van der Waals surface area contributed by atoms with Crippen molar-refractivity contribution in [2.24, 2.45) is 0 Å². The fraction of sp³-hybridized carbons (Fsp3) is 0.250. The molecule has 1 aliphatic heterocycles. The molecule has 0 saturated heterocycles. The lowest BCUT2D eigenvalue weighted by Crippen LogP contribution is -2.25. The predicted molar refractivity (Wildman–Crippen MR) is 107 cm³/mol. The highest BCUT2D eigenvalue weighted by molar-refractivity contribution is 6.35. The lowest BCUT2D eigenvalue weighted by Gasteiger charge is -2.18. The van der Waals surface area contributed by atoms with Gasteiger partial charge < -0.3 is 19.5 Å². The number of fused-ring (bicyclic) bond motifs is 1. The maximum Gasteiger partial charge on any atom is 0.306 e. The van der Waals surface area contributed by atoms with Gasteiger partial charge in [-0.1, -0.05) is 23.2 Å². The molecule has 3 rings (SSSR count). The molecule has 9 heteroatoms. The number of hydrogen-bond acceptors (Lipinski definition) is 6. The van der Waals surface area contributed by atoms with E-state index in [1.807, 2.05) is 0 Å². The lowest BCUT2D eigenvalue weighted by atomic mass is 10.1. The van der Waals surface area contributed by atoms with Gasteiger partial charge in [-0.2, -0.15) is 0 Å². The molecule has 1 heterocycles. The van der Waals surface area contributed by atoms with Crippen LogP contribution in [-0.2, 0) is 14.3 Å². The van der Waals surface area contributed by atoms with Gasteiger partial charge in [-0.3, -0.25) is 14.4 Å². The molecule has 2 aromatic rings. The molecule has 0 saturated carbocycles. The van der Waals surface area contributed by atoms with Crippen molar-refractivity contribution >= 4 is 46.5 Å². The third-order valence-corrected chi connectivity index (χ3v) is 4.51. The monoisotopic (exact) mass is 437 g/mol. The minimum absolute atomic E-state index is 0.0636. The zero-order chi connectivity index (χ0) is 20.8. The normalized spacial score (nSPS) is 12.4. The van der Waals surface area contributed by atoms with Gasteiger partial charge in [-0.15, -0.1) is 0 Å². The van der Waals surface area contributed by atoms with E-state index in [0.717, 1.165) is 0 Å². The lowest BCUT2D eigenvalue weighted by molar-refractivity contribution is -0.142. The molecule has 0 spiro atoms. The van der Waals surface area contributed by atoms with E-state index in [9.17, 15) is 14.4 Å². The molecular formula is C20H17Cl2NO6. The Morgan fingerprint density at radius 3 is 2.76 bits per heavy atom. The van der Waals surface area contributed by atoms with Crippen LogP contribution in [0.3, 0.4) is 0 Å². The Morgan fingerprint density at radius 2 is 1.97 bits per heavy atom. The van der Waals surface area contributed by atoms with E-state index in [4.69, 9.17) is 37.4 Å². The van der Waals surface area contributed by atoms with Crippen molar-refractivity contribution in [2.75, 3.05) is 25.1 Å². The van der Waals surface area contributed by atoms with E-state index < -0.39 is 12.6 Å². The fourth-order valence-corrected chi connectivity index (χ4v) is 3.01. The standard InChI is InChI=1S/C20H17Cl2NO6/c21-13-4-6-17(14(22)9-13)27-7-1-2-20(26)29-10-16(24)12-3-5-18-15(8-12)23-19(25)11-28-18/h3-6,8-9H,1-2,7,10-11H2,(H,23,25). The van der Waals surface area contributed by atoms with Gasteiger partial charge in [0.15, 0.2) is 19.0 Å². The summed E-state index contributed by atoms with van der Waals surface area (Å²) < 4.78 is 15.7. The molecular weight excluding hydrogens is 421 g/mol. The third kappa shape index (κ3) is 5.85. The summed E-state index contributed by atoms with van der Waals surface area (Å²) in [6.07, 6.45) is 0.487. The molecule has 2 aromatic carbocycles. The molecule has 7 nitrogen and oxygen atoms in total. The number of benzene rings is 2. The van der Waals surface area contributed by atoms with Gasteiger partial charge in [-0.05, 0) is 42.8 Å². The first kappa shape index (κ1) is 21.0. The zero-order valence-electron chi connectivity index (χ0n) is 15.2. The Balaban J connectivity index is 1.40. The van der Waals surface area contributed by atoms with Gasteiger partial charge in [0.05, 0.1) is 17.3 Å². The molecule has 0 aromatic heterocycles. The van der Waals surface area contributed by atoms with Crippen molar-refractivity contribution in [1.29, 1.82) is 0 Å². The first-order valence-electron chi connectivity index (χ1n) is 8.76. The zero-order valence-corrected chi connectivity index (χ0v) is 16.7. The number of ether oxygens (including phenoxy) is 3. The Kier molecular flexibility index (Phi) is 6.95. The topological polar surface area (TPSA) is 90.9 Å². The Hall–Kier alpha value is -2.77. The second-order valence-electron chi connectivity index (χ2n) is 6.16. The van der Waals surface area contributed by atoms with Gasteiger partial charge in [0.25, 0.3) is 5.91 Å². The van der Waals surface area contributed by atoms with E-state index in [1.165, 1.54) is 6.07 Å². The smallest absolute Gasteiger partial charge is 0.306 e. The summed E-state index contributed by atoms with van der Waals surface area (Å²) in [6, 6.07) is 9.50. The fourth-order valence-electron chi connectivity index (χ4n) is 2.55. The van der Waals surface area contributed by atoms with Crippen LogP contribution in [0.5, 0.6) is 11.5 Å². The number of amides is 1. The molecule has 0 radical (unpaired) electrons. The maximum absolute atomic E-state index is 12.2. The second kappa shape index (κ2) is 9.62. The van der Waals surface area contributed by atoms with Crippen LogP contribution in [0.15, 0.2) is 36.4 Å². The van der Waals surface area contributed by atoms with Crippen molar-refractivity contribution in [3.63, 3.8) is 0 Å². The van der Waals surface area contributed by atoms with Crippen LogP contribution >= 0.6 is 23.2 Å². The average molecular weight is 438 g/mol. The third-order valence-electron chi connectivity index (χ3n) is 3.98.